The van der Waals surface area contributed by atoms with E-state index < -0.39 is 5.91 Å². The zero-order chi connectivity index (χ0) is 19.4. The summed E-state index contributed by atoms with van der Waals surface area (Å²) in [6.45, 7) is 5.32. The van der Waals surface area contributed by atoms with E-state index in [1.54, 1.807) is 4.90 Å². The molecule has 0 spiro atoms. The van der Waals surface area contributed by atoms with E-state index in [0.717, 1.165) is 32.2 Å². The average Bonchev–Trinajstić information content (AvgIpc) is 3.20. The van der Waals surface area contributed by atoms with Crippen LogP contribution in [0.15, 0.2) is 0 Å². The van der Waals surface area contributed by atoms with Crippen LogP contribution in [0.5, 0.6) is 0 Å². The number of carbonyl (C=O) groups excluding carboxylic acids is 4. The van der Waals surface area contributed by atoms with E-state index in [1.807, 2.05) is 13.8 Å². The van der Waals surface area contributed by atoms with Crippen molar-refractivity contribution in [2.24, 2.45) is 11.5 Å². The Morgan fingerprint density at radius 3 is 1.96 bits per heavy atom. The molecule has 8 nitrogen and oxygen atoms in total. The van der Waals surface area contributed by atoms with Gasteiger partial charge in [0, 0.05) is 25.9 Å². The summed E-state index contributed by atoms with van der Waals surface area (Å²) in [5, 5.41) is 2.68. The van der Waals surface area contributed by atoms with Crippen molar-refractivity contribution in [3.63, 3.8) is 0 Å². The first-order valence-corrected chi connectivity index (χ1v) is 9.44. The molecule has 0 aliphatic carbocycles. The molecule has 4 amide bonds. The largest absolute Gasteiger partial charge is 0.369 e. The normalized spacial score (nSPS) is 18.3. The van der Waals surface area contributed by atoms with Crippen LogP contribution in [0.4, 0.5) is 0 Å². The molecule has 1 unspecified atom stereocenters. The Hall–Kier alpha value is -1.64. The highest BCUT2D eigenvalue weighted by atomic mass is 79.9. The van der Waals surface area contributed by atoms with Crippen LogP contribution in [0, 0.1) is 0 Å². The van der Waals surface area contributed by atoms with Gasteiger partial charge in [-0.2, -0.15) is 0 Å². The molecule has 5 N–H and O–H groups in total. The van der Waals surface area contributed by atoms with Gasteiger partial charge in [0.2, 0.25) is 23.6 Å². The molecule has 25 heavy (non-hydrogen) atoms. The molecule has 144 valence electrons. The molecule has 0 aromatic rings. The third kappa shape index (κ3) is 9.42. The second-order valence-electron chi connectivity index (χ2n) is 5.75. The predicted octanol–water partition coefficient (Wildman–Crippen LogP) is 0.414. The van der Waals surface area contributed by atoms with Gasteiger partial charge in [0.05, 0.1) is 4.83 Å². The molecule has 2 atom stereocenters. The summed E-state index contributed by atoms with van der Waals surface area (Å²) in [7, 11) is 0. The molecule has 0 aromatic heterocycles. The maximum absolute atomic E-state index is 11.2. The lowest BCUT2D eigenvalue weighted by atomic mass is 10.2. The quantitative estimate of drug-likeness (QED) is 0.554. The zero-order valence-corrected chi connectivity index (χ0v) is 16.5. The van der Waals surface area contributed by atoms with Gasteiger partial charge in [0.25, 0.3) is 0 Å². The van der Waals surface area contributed by atoms with Crippen LogP contribution < -0.4 is 16.8 Å². The van der Waals surface area contributed by atoms with E-state index in [-0.39, 0.29) is 28.6 Å². The fourth-order valence-corrected chi connectivity index (χ4v) is 2.34. The van der Waals surface area contributed by atoms with Crippen molar-refractivity contribution in [3.8, 4) is 0 Å². The average molecular weight is 421 g/mol. The summed E-state index contributed by atoms with van der Waals surface area (Å²) in [5.41, 5.74) is 10.0. The monoisotopic (exact) mass is 420 g/mol. The van der Waals surface area contributed by atoms with Crippen molar-refractivity contribution in [1.82, 2.24) is 10.2 Å². The number of halogens is 1. The van der Waals surface area contributed by atoms with Crippen LogP contribution in [-0.2, 0) is 19.2 Å². The van der Waals surface area contributed by atoms with E-state index in [0.29, 0.717) is 19.4 Å². The van der Waals surface area contributed by atoms with E-state index in [4.69, 9.17) is 11.5 Å². The topological polar surface area (TPSA) is 136 Å². The van der Waals surface area contributed by atoms with E-state index in [9.17, 15) is 19.2 Å². The van der Waals surface area contributed by atoms with Crippen LogP contribution in [-0.4, -0.2) is 52.5 Å². The van der Waals surface area contributed by atoms with Gasteiger partial charge in [-0.3, -0.25) is 19.2 Å². The van der Waals surface area contributed by atoms with Crippen LogP contribution in [0.1, 0.15) is 52.4 Å². The molecule has 2 heterocycles. The SMILES string of the molecule is CCC(C(N)=O)N1CCCC1=O.CC[C@@H](Br)C(N)=O.O=C1CCCN1. The van der Waals surface area contributed by atoms with Crippen LogP contribution in [0.25, 0.3) is 0 Å². The van der Waals surface area contributed by atoms with Crippen molar-refractivity contribution < 1.29 is 19.2 Å². The standard InChI is InChI=1S/C8H14N2O2.C4H8BrNO.C4H7NO/c1-2-6(8(9)12)10-5-3-4-7(10)11;1-2-3(5)4(6)7;6-4-2-1-3-5-4/h6H,2-5H2,1H3,(H2,9,12);3H,2H2,1H3,(H2,6,7);1-3H2,(H,5,6)/t;3-;/m.1./s1. The van der Waals surface area contributed by atoms with Gasteiger partial charge in [-0.15, -0.1) is 0 Å². The number of nitrogens with two attached hydrogens (primary N) is 2. The molecular formula is C16H29BrN4O4. The number of likely N-dealkylation sites (tertiary alicyclic amines) is 1. The van der Waals surface area contributed by atoms with Crippen molar-refractivity contribution in [2.75, 3.05) is 13.1 Å². The van der Waals surface area contributed by atoms with E-state index in [1.165, 1.54) is 0 Å². The Labute approximate surface area is 157 Å². The number of hydrogen-bond donors (Lipinski definition) is 3. The highest BCUT2D eigenvalue weighted by molar-refractivity contribution is 9.10. The molecule has 0 saturated carbocycles. The van der Waals surface area contributed by atoms with E-state index >= 15 is 0 Å². The number of nitrogens with one attached hydrogen (secondary N) is 1. The number of amides is 4. The molecule has 0 bridgehead atoms. The summed E-state index contributed by atoms with van der Waals surface area (Å²) in [6.07, 6.45) is 4.54. The van der Waals surface area contributed by atoms with Crippen LogP contribution >= 0.6 is 15.9 Å². The lowest BCUT2D eigenvalue weighted by Gasteiger charge is -2.23. The summed E-state index contributed by atoms with van der Waals surface area (Å²) in [6, 6.07) is -0.389. The van der Waals surface area contributed by atoms with E-state index in [2.05, 4.69) is 21.2 Å². The molecule has 2 rings (SSSR count). The summed E-state index contributed by atoms with van der Waals surface area (Å²) in [5.74, 6) is -0.425. The zero-order valence-electron chi connectivity index (χ0n) is 14.9. The summed E-state index contributed by atoms with van der Waals surface area (Å²) >= 11 is 3.07. The lowest BCUT2D eigenvalue weighted by Crippen LogP contribution is -2.44. The Kier molecular flexibility index (Phi) is 11.9. The number of alkyl halides is 1. The first kappa shape index (κ1) is 23.4. The minimum atomic E-state index is -0.396. The van der Waals surface area contributed by atoms with Gasteiger partial charge in [0.15, 0.2) is 0 Å². The first-order valence-electron chi connectivity index (χ1n) is 8.53. The second kappa shape index (κ2) is 12.7. The minimum absolute atomic E-state index is 0.0562. The smallest absolute Gasteiger partial charge is 0.240 e. The molecule has 2 aliphatic heterocycles. The third-order valence-electron chi connectivity index (χ3n) is 3.77. The van der Waals surface area contributed by atoms with Gasteiger partial charge in [-0.05, 0) is 25.7 Å². The molecule has 2 saturated heterocycles. The predicted molar refractivity (Wildman–Crippen MR) is 98.7 cm³/mol. The molecular weight excluding hydrogens is 392 g/mol. The minimum Gasteiger partial charge on any atom is -0.369 e. The number of carbonyl (C=O) groups is 4. The number of rotatable bonds is 5. The third-order valence-corrected chi connectivity index (χ3v) is 4.87. The van der Waals surface area contributed by atoms with Gasteiger partial charge in [-0.1, -0.05) is 29.8 Å². The number of nitrogens with zero attached hydrogens (tertiary/aromatic N) is 1. The molecule has 2 aliphatic rings. The lowest BCUT2D eigenvalue weighted by molar-refractivity contribution is -0.136. The molecule has 9 heteroatoms. The van der Waals surface area contributed by atoms with Crippen LogP contribution in [0.3, 0.4) is 0 Å². The Morgan fingerprint density at radius 1 is 1.12 bits per heavy atom. The Balaban J connectivity index is 0.000000377. The fraction of sp³-hybridized carbons (Fsp3) is 0.750. The molecule has 0 aromatic carbocycles. The van der Waals surface area contributed by atoms with Crippen molar-refractivity contribution in [3.05, 3.63) is 0 Å². The highest BCUT2D eigenvalue weighted by Crippen LogP contribution is 2.15. The summed E-state index contributed by atoms with van der Waals surface area (Å²) < 4.78 is 0. The maximum Gasteiger partial charge on any atom is 0.240 e. The Morgan fingerprint density at radius 2 is 1.76 bits per heavy atom. The molecule has 2 fully saturated rings. The molecule has 0 radical (unpaired) electrons. The van der Waals surface area contributed by atoms with Crippen molar-refractivity contribution >= 4 is 39.6 Å². The maximum atomic E-state index is 11.2. The number of hydrogen-bond acceptors (Lipinski definition) is 4. The number of primary amides is 2. The Bertz CT molecular complexity index is 465. The fourth-order valence-electron chi connectivity index (χ4n) is 2.34. The first-order chi connectivity index (χ1) is 11.7. The highest BCUT2D eigenvalue weighted by Gasteiger charge is 2.29. The summed E-state index contributed by atoms with van der Waals surface area (Å²) in [4.78, 5) is 43.8. The van der Waals surface area contributed by atoms with Gasteiger partial charge in [0.1, 0.15) is 6.04 Å². The van der Waals surface area contributed by atoms with Crippen molar-refractivity contribution in [2.45, 2.75) is 63.2 Å². The van der Waals surface area contributed by atoms with Crippen LogP contribution in [0.2, 0.25) is 0 Å². The van der Waals surface area contributed by atoms with Gasteiger partial charge in [-0.25, -0.2) is 0 Å². The van der Waals surface area contributed by atoms with Gasteiger partial charge < -0.3 is 21.7 Å². The van der Waals surface area contributed by atoms with Gasteiger partial charge >= 0.3 is 0 Å². The second-order valence-corrected chi connectivity index (χ2v) is 6.85. The van der Waals surface area contributed by atoms with Crippen molar-refractivity contribution in [1.29, 1.82) is 0 Å².